The number of terminal acetylenes is 2. The van der Waals surface area contributed by atoms with Crippen LogP contribution in [-0.4, -0.2) is 18.3 Å². The lowest BCUT2D eigenvalue weighted by Crippen LogP contribution is -2.21. The van der Waals surface area contributed by atoms with Gasteiger partial charge in [0.2, 0.25) is 0 Å². The first-order valence-corrected chi connectivity index (χ1v) is 9.38. The SMILES string of the molecule is C#Cc1ccc(NC(=O)Nc2cc(C=O)cc(NC(=O)Nc3ccc(C#C)cc3)c2)cc1. The van der Waals surface area contributed by atoms with E-state index in [4.69, 9.17) is 12.8 Å². The van der Waals surface area contributed by atoms with Gasteiger partial charge in [0.1, 0.15) is 6.29 Å². The molecule has 3 rings (SSSR count). The Bertz CT molecular complexity index is 1140. The lowest BCUT2D eigenvalue weighted by atomic mass is 10.2. The van der Waals surface area contributed by atoms with Gasteiger partial charge in [-0.1, -0.05) is 11.8 Å². The van der Waals surface area contributed by atoms with Crippen LogP contribution in [0.25, 0.3) is 0 Å². The van der Waals surface area contributed by atoms with Crippen LogP contribution in [0.4, 0.5) is 32.3 Å². The zero-order chi connectivity index (χ0) is 22.9. The summed E-state index contributed by atoms with van der Waals surface area (Å²) in [5.74, 6) is 4.99. The molecule has 7 heteroatoms. The van der Waals surface area contributed by atoms with Crippen molar-refractivity contribution in [3.05, 3.63) is 83.4 Å². The number of nitrogens with one attached hydrogen (secondary N) is 4. The smallest absolute Gasteiger partial charge is 0.308 e. The molecule has 0 aliphatic rings. The van der Waals surface area contributed by atoms with Gasteiger partial charge in [-0.2, -0.15) is 0 Å². The second-order valence-corrected chi connectivity index (χ2v) is 6.56. The van der Waals surface area contributed by atoms with E-state index in [1.165, 1.54) is 18.2 Å². The molecule has 0 atom stereocenters. The van der Waals surface area contributed by atoms with Gasteiger partial charge in [-0.15, -0.1) is 12.8 Å². The molecule has 7 nitrogen and oxygen atoms in total. The molecular formula is C25H18N4O3. The number of aldehydes is 1. The largest absolute Gasteiger partial charge is 0.323 e. The highest BCUT2D eigenvalue weighted by atomic mass is 16.2. The average Bonchev–Trinajstić information content (AvgIpc) is 2.79. The highest BCUT2D eigenvalue weighted by Gasteiger charge is 2.09. The van der Waals surface area contributed by atoms with Crippen LogP contribution in [0, 0.1) is 24.7 Å². The minimum atomic E-state index is -0.523. The molecule has 0 aliphatic heterocycles. The third-order valence-corrected chi connectivity index (χ3v) is 4.23. The maximum absolute atomic E-state index is 12.3. The molecule has 0 bridgehead atoms. The normalized spacial score (nSPS) is 9.56. The van der Waals surface area contributed by atoms with Crippen molar-refractivity contribution in [3.63, 3.8) is 0 Å². The molecule has 0 unspecified atom stereocenters. The van der Waals surface area contributed by atoms with Crippen molar-refractivity contribution in [1.29, 1.82) is 0 Å². The minimum absolute atomic E-state index is 0.273. The molecule has 0 saturated heterocycles. The van der Waals surface area contributed by atoms with Crippen LogP contribution < -0.4 is 21.3 Å². The van der Waals surface area contributed by atoms with Gasteiger partial charge in [0.05, 0.1) is 0 Å². The molecule has 3 aromatic carbocycles. The summed E-state index contributed by atoms with van der Waals surface area (Å²) >= 11 is 0. The van der Waals surface area contributed by atoms with Crippen molar-refractivity contribution < 1.29 is 14.4 Å². The fourth-order valence-corrected chi connectivity index (χ4v) is 2.75. The number of urea groups is 2. The number of carbonyl (C=O) groups is 3. The Hall–Kier alpha value is -5.01. The predicted octanol–water partition coefficient (Wildman–Crippen LogP) is 4.75. The third kappa shape index (κ3) is 5.99. The van der Waals surface area contributed by atoms with Crippen molar-refractivity contribution >= 4 is 41.1 Å². The number of benzene rings is 3. The van der Waals surface area contributed by atoms with Crippen molar-refractivity contribution in [2.45, 2.75) is 0 Å². The second-order valence-electron chi connectivity index (χ2n) is 6.56. The third-order valence-electron chi connectivity index (χ3n) is 4.23. The maximum Gasteiger partial charge on any atom is 0.323 e. The van der Waals surface area contributed by atoms with Gasteiger partial charge in [-0.25, -0.2) is 9.59 Å². The lowest BCUT2D eigenvalue weighted by molar-refractivity contribution is 0.112. The fourth-order valence-electron chi connectivity index (χ4n) is 2.75. The van der Waals surface area contributed by atoms with E-state index in [0.29, 0.717) is 40.2 Å². The van der Waals surface area contributed by atoms with E-state index in [2.05, 4.69) is 33.1 Å². The molecule has 4 N–H and O–H groups in total. The Morgan fingerprint density at radius 1 is 0.625 bits per heavy atom. The van der Waals surface area contributed by atoms with E-state index >= 15 is 0 Å². The first-order valence-electron chi connectivity index (χ1n) is 9.38. The van der Waals surface area contributed by atoms with Crippen molar-refractivity contribution in [2.75, 3.05) is 21.3 Å². The standard InChI is InChI=1S/C25H18N4O3/c1-3-17-5-9-20(10-6-17)26-24(31)28-22-13-19(16-30)14-23(15-22)29-25(32)27-21-11-7-18(4-2)8-12-21/h1-2,5-16H,(H2,26,28,31)(H2,27,29,32). The highest BCUT2D eigenvalue weighted by molar-refractivity contribution is 6.03. The molecule has 32 heavy (non-hydrogen) atoms. The molecule has 156 valence electrons. The Balaban J connectivity index is 1.66. The van der Waals surface area contributed by atoms with E-state index in [1.54, 1.807) is 48.5 Å². The van der Waals surface area contributed by atoms with Crippen LogP contribution in [0.15, 0.2) is 66.7 Å². The molecule has 0 heterocycles. The van der Waals surface area contributed by atoms with Crippen molar-refractivity contribution in [1.82, 2.24) is 0 Å². The molecule has 0 aromatic heterocycles. The Kier molecular flexibility index (Phi) is 6.88. The number of anilines is 4. The Labute approximate surface area is 185 Å². The monoisotopic (exact) mass is 422 g/mol. The first-order chi connectivity index (χ1) is 15.5. The molecule has 0 spiro atoms. The van der Waals surface area contributed by atoms with Crippen LogP contribution in [0.1, 0.15) is 21.5 Å². The summed E-state index contributed by atoms with van der Waals surface area (Å²) in [6.45, 7) is 0. The number of rotatable bonds is 5. The summed E-state index contributed by atoms with van der Waals surface area (Å²) in [5, 5.41) is 10.6. The molecule has 0 aliphatic carbocycles. The lowest BCUT2D eigenvalue weighted by Gasteiger charge is -2.12. The van der Waals surface area contributed by atoms with Gasteiger partial charge < -0.3 is 21.3 Å². The quantitative estimate of drug-likeness (QED) is 0.353. The van der Waals surface area contributed by atoms with Gasteiger partial charge in [0.15, 0.2) is 0 Å². The zero-order valence-corrected chi connectivity index (χ0v) is 16.8. The number of hydrogen-bond acceptors (Lipinski definition) is 3. The minimum Gasteiger partial charge on any atom is -0.308 e. The summed E-state index contributed by atoms with van der Waals surface area (Å²) in [6, 6.07) is 16.9. The molecule has 0 saturated carbocycles. The summed E-state index contributed by atoms with van der Waals surface area (Å²) < 4.78 is 0. The first kappa shape index (κ1) is 21.7. The molecule has 3 aromatic rings. The van der Waals surface area contributed by atoms with Crippen LogP contribution in [0.2, 0.25) is 0 Å². The zero-order valence-electron chi connectivity index (χ0n) is 16.8. The number of hydrogen-bond donors (Lipinski definition) is 4. The van der Waals surface area contributed by atoms with E-state index in [-0.39, 0.29) is 5.56 Å². The molecule has 4 amide bonds. The van der Waals surface area contributed by atoms with Crippen LogP contribution in [0.3, 0.4) is 0 Å². The van der Waals surface area contributed by atoms with Gasteiger partial charge >= 0.3 is 12.1 Å². The summed E-state index contributed by atoms with van der Waals surface area (Å²) in [4.78, 5) is 35.9. The number of amides is 4. The van der Waals surface area contributed by atoms with E-state index in [1.807, 2.05) is 0 Å². The van der Waals surface area contributed by atoms with Crippen LogP contribution in [0.5, 0.6) is 0 Å². The van der Waals surface area contributed by atoms with Crippen molar-refractivity contribution in [3.8, 4) is 24.7 Å². The van der Waals surface area contributed by atoms with E-state index < -0.39 is 12.1 Å². The fraction of sp³-hybridized carbons (Fsp3) is 0. The van der Waals surface area contributed by atoms with Crippen LogP contribution in [-0.2, 0) is 0 Å². The van der Waals surface area contributed by atoms with Gasteiger partial charge in [0, 0.05) is 39.4 Å². The molecule has 0 radical (unpaired) electrons. The second kappa shape index (κ2) is 10.1. The topological polar surface area (TPSA) is 99.3 Å². The van der Waals surface area contributed by atoms with E-state index in [0.717, 1.165) is 0 Å². The summed E-state index contributed by atoms with van der Waals surface area (Å²) in [5.41, 5.74) is 3.38. The highest BCUT2D eigenvalue weighted by Crippen LogP contribution is 2.20. The molecule has 0 fully saturated rings. The van der Waals surface area contributed by atoms with Gasteiger partial charge in [-0.3, -0.25) is 4.79 Å². The maximum atomic E-state index is 12.3. The van der Waals surface area contributed by atoms with Gasteiger partial charge in [0.25, 0.3) is 0 Å². The summed E-state index contributed by atoms with van der Waals surface area (Å²) in [6.07, 6.45) is 11.2. The molecular weight excluding hydrogens is 404 g/mol. The Morgan fingerprint density at radius 3 is 1.34 bits per heavy atom. The van der Waals surface area contributed by atoms with E-state index in [9.17, 15) is 14.4 Å². The average molecular weight is 422 g/mol. The van der Waals surface area contributed by atoms with Crippen LogP contribution >= 0.6 is 0 Å². The Morgan fingerprint density at radius 2 is 1.00 bits per heavy atom. The predicted molar refractivity (Wildman–Crippen MR) is 126 cm³/mol. The van der Waals surface area contributed by atoms with Gasteiger partial charge in [-0.05, 0) is 66.7 Å². The summed E-state index contributed by atoms with van der Waals surface area (Å²) in [7, 11) is 0. The number of carbonyl (C=O) groups excluding carboxylic acids is 3. The van der Waals surface area contributed by atoms with Crippen molar-refractivity contribution in [2.24, 2.45) is 0 Å².